The molecule has 5 rings (SSSR count). The number of rotatable bonds is 5. The van der Waals surface area contributed by atoms with Gasteiger partial charge in [0.15, 0.2) is 0 Å². The molecule has 0 bridgehead atoms. The Hall–Kier alpha value is -3.68. The van der Waals surface area contributed by atoms with Gasteiger partial charge in [0, 0.05) is 43.8 Å². The number of carbonyl (C=O) groups excluding carboxylic acids is 2. The predicted octanol–water partition coefficient (Wildman–Crippen LogP) is 4.11. The monoisotopic (exact) mass is 484 g/mol. The standard InChI is InChI=1S/C29H32N4O3/c34-27(31-36)24-12-10-22(11-13-24)19-30-28(35)32-16-14-29(15-17-32)18-25-8-4-5-9-26(25)21-33(29)20-23-6-2-1-3-7-23/h1-13,36H,14-21H2,(H,30,35)(H,31,34). The maximum Gasteiger partial charge on any atom is 0.317 e. The summed E-state index contributed by atoms with van der Waals surface area (Å²) in [7, 11) is 0. The SMILES string of the molecule is O=C(NO)c1ccc(CNC(=O)N2CCC3(CC2)Cc2ccccc2CN3Cc2ccccc2)cc1. The summed E-state index contributed by atoms with van der Waals surface area (Å²) in [5.41, 5.74) is 7.08. The number of nitrogens with one attached hydrogen (secondary N) is 2. The van der Waals surface area contributed by atoms with Crippen LogP contribution in [0.2, 0.25) is 0 Å². The molecular weight excluding hydrogens is 452 g/mol. The van der Waals surface area contributed by atoms with Crippen LogP contribution < -0.4 is 10.8 Å². The molecule has 3 amide bonds. The lowest BCUT2D eigenvalue weighted by atomic mass is 9.76. The number of hydrogen-bond acceptors (Lipinski definition) is 4. The molecule has 3 aromatic rings. The first-order chi connectivity index (χ1) is 17.6. The molecule has 36 heavy (non-hydrogen) atoms. The first-order valence-corrected chi connectivity index (χ1v) is 12.5. The van der Waals surface area contributed by atoms with E-state index in [1.54, 1.807) is 29.7 Å². The fourth-order valence-corrected chi connectivity index (χ4v) is 5.50. The highest BCUT2D eigenvalue weighted by Gasteiger charge is 2.43. The van der Waals surface area contributed by atoms with E-state index < -0.39 is 5.91 Å². The Morgan fingerprint density at radius 3 is 2.19 bits per heavy atom. The second-order valence-electron chi connectivity index (χ2n) is 9.80. The van der Waals surface area contributed by atoms with Crippen LogP contribution in [0.4, 0.5) is 4.79 Å². The third kappa shape index (κ3) is 5.12. The Labute approximate surface area is 211 Å². The van der Waals surface area contributed by atoms with Crippen LogP contribution in [-0.2, 0) is 26.1 Å². The minimum absolute atomic E-state index is 0.0457. The van der Waals surface area contributed by atoms with E-state index in [9.17, 15) is 9.59 Å². The average Bonchev–Trinajstić information content (AvgIpc) is 2.93. The molecule has 7 heteroatoms. The van der Waals surface area contributed by atoms with E-state index in [0.717, 1.165) is 51.0 Å². The first-order valence-electron chi connectivity index (χ1n) is 12.5. The quantitative estimate of drug-likeness (QED) is 0.376. The zero-order valence-electron chi connectivity index (χ0n) is 20.3. The highest BCUT2D eigenvalue weighted by molar-refractivity contribution is 5.93. The minimum atomic E-state index is -0.556. The van der Waals surface area contributed by atoms with Gasteiger partial charge in [-0.2, -0.15) is 0 Å². The van der Waals surface area contributed by atoms with Crippen LogP contribution in [0.3, 0.4) is 0 Å². The summed E-state index contributed by atoms with van der Waals surface area (Å²) in [6.07, 6.45) is 2.89. The number of amides is 3. The third-order valence-electron chi connectivity index (χ3n) is 7.63. The van der Waals surface area contributed by atoms with Crippen LogP contribution in [0.1, 0.15) is 45.5 Å². The molecule has 1 spiro atoms. The van der Waals surface area contributed by atoms with Crippen molar-refractivity contribution in [1.82, 2.24) is 20.6 Å². The highest BCUT2D eigenvalue weighted by Crippen LogP contribution is 2.39. The lowest BCUT2D eigenvalue weighted by Gasteiger charge is -2.52. The van der Waals surface area contributed by atoms with E-state index in [1.807, 2.05) is 4.90 Å². The van der Waals surface area contributed by atoms with E-state index in [2.05, 4.69) is 64.8 Å². The number of benzene rings is 3. The summed E-state index contributed by atoms with van der Waals surface area (Å²) >= 11 is 0. The second kappa shape index (κ2) is 10.5. The number of urea groups is 1. The van der Waals surface area contributed by atoms with Crippen LogP contribution in [0.15, 0.2) is 78.9 Å². The van der Waals surface area contributed by atoms with Crippen molar-refractivity contribution in [3.63, 3.8) is 0 Å². The van der Waals surface area contributed by atoms with Gasteiger partial charge in [-0.15, -0.1) is 0 Å². The fraction of sp³-hybridized carbons (Fsp3) is 0.310. The van der Waals surface area contributed by atoms with Crippen molar-refractivity contribution in [2.75, 3.05) is 13.1 Å². The van der Waals surface area contributed by atoms with Gasteiger partial charge in [0.05, 0.1) is 0 Å². The zero-order chi connectivity index (χ0) is 25.0. The van der Waals surface area contributed by atoms with Crippen LogP contribution in [0, 0.1) is 0 Å². The molecule has 0 atom stereocenters. The molecule has 1 fully saturated rings. The lowest BCUT2D eigenvalue weighted by molar-refractivity contribution is 0.00815. The van der Waals surface area contributed by atoms with E-state index in [4.69, 9.17) is 5.21 Å². The number of hydroxylamine groups is 1. The Bertz CT molecular complexity index is 1200. The third-order valence-corrected chi connectivity index (χ3v) is 7.63. The number of likely N-dealkylation sites (tertiary alicyclic amines) is 1. The molecule has 0 radical (unpaired) electrons. The highest BCUT2D eigenvalue weighted by atomic mass is 16.5. The molecule has 2 aliphatic heterocycles. The van der Waals surface area contributed by atoms with Gasteiger partial charge in [0.2, 0.25) is 0 Å². The number of fused-ring (bicyclic) bond motifs is 1. The van der Waals surface area contributed by atoms with Crippen LogP contribution in [0.5, 0.6) is 0 Å². The summed E-state index contributed by atoms with van der Waals surface area (Å²) < 4.78 is 0. The number of nitrogens with zero attached hydrogens (tertiary/aromatic N) is 2. The van der Waals surface area contributed by atoms with Gasteiger partial charge in [-0.3, -0.25) is 14.9 Å². The maximum atomic E-state index is 12.9. The van der Waals surface area contributed by atoms with E-state index in [1.165, 1.54) is 16.7 Å². The minimum Gasteiger partial charge on any atom is -0.334 e. The van der Waals surface area contributed by atoms with Gasteiger partial charge in [0.1, 0.15) is 0 Å². The van der Waals surface area contributed by atoms with Crippen molar-refractivity contribution < 1.29 is 14.8 Å². The Kier molecular flexibility index (Phi) is 7.02. The molecule has 0 aromatic heterocycles. The average molecular weight is 485 g/mol. The number of carbonyl (C=O) groups is 2. The topological polar surface area (TPSA) is 84.9 Å². The van der Waals surface area contributed by atoms with Gasteiger partial charge < -0.3 is 10.2 Å². The maximum absolute atomic E-state index is 12.9. The Balaban J connectivity index is 1.23. The molecule has 3 aromatic carbocycles. The van der Waals surface area contributed by atoms with E-state index >= 15 is 0 Å². The molecule has 0 saturated carbocycles. The van der Waals surface area contributed by atoms with Crippen LogP contribution in [-0.4, -0.2) is 45.6 Å². The summed E-state index contributed by atoms with van der Waals surface area (Å²) in [5, 5.41) is 11.8. The van der Waals surface area contributed by atoms with Gasteiger partial charge in [-0.1, -0.05) is 66.7 Å². The largest absolute Gasteiger partial charge is 0.334 e. The van der Waals surface area contributed by atoms with Crippen molar-refractivity contribution in [2.45, 2.75) is 44.4 Å². The van der Waals surface area contributed by atoms with Crippen molar-refractivity contribution >= 4 is 11.9 Å². The molecule has 0 unspecified atom stereocenters. The molecule has 1 saturated heterocycles. The molecule has 0 aliphatic carbocycles. The normalized spacial score (nSPS) is 16.9. The van der Waals surface area contributed by atoms with Crippen molar-refractivity contribution in [1.29, 1.82) is 0 Å². The summed E-state index contributed by atoms with van der Waals surface area (Å²) in [6.45, 7) is 3.66. The number of hydrogen-bond donors (Lipinski definition) is 3. The lowest BCUT2D eigenvalue weighted by Crippen LogP contribution is -2.59. The van der Waals surface area contributed by atoms with Gasteiger partial charge >= 0.3 is 6.03 Å². The van der Waals surface area contributed by atoms with Gasteiger partial charge in [-0.25, -0.2) is 10.3 Å². The summed E-state index contributed by atoms with van der Waals surface area (Å²) in [4.78, 5) is 29.0. The smallest absolute Gasteiger partial charge is 0.317 e. The zero-order valence-corrected chi connectivity index (χ0v) is 20.3. The van der Waals surface area contributed by atoms with E-state index in [0.29, 0.717) is 12.1 Å². The van der Waals surface area contributed by atoms with Crippen molar-refractivity contribution in [3.05, 3.63) is 107 Å². The molecule has 2 heterocycles. The predicted molar refractivity (Wildman–Crippen MR) is 137 cm³/mol. The summed E-state index contributed by atoms with van der Waals surface area (Å²) in [5.74, 6) is -0.556. The Morgan fingerprint density at radius 1 is 0.833 bits per heavy atom. The first kappa shape index (κ1) is 24.0. The fourth-order valence-electron chi connectivity index (χ4n) is 5.50. The van der Waals surface area contributed by atoms with Gasteiger partial charge in [0.25, 0.3) is 5.91 Å². The second-order valence-corrected chi connectivity index (χ2v) is 9.80. The van der Waals surface area contributed by atoms with Gasteiger partial charge in [-0.05, 0) is 53.6 Å². The Morgan fingerprint density at radius 2 is 1.50 bits per heavy atom. The van der Waals surface area contributed by atoms with Crippen LogP contribution >= 0.6 is 0 Å². The summed E-state index contributed by atoms with van der Waals surface area (Å²) in [6, 6.07) is 26.1. The number of piperidine rings is 1. The van der Waals surface area contributed by atoms with Crippen molar-refractivity contribution in [3.8, 4) is 0 Å². The van der Waals surface area contributed by atoms with Crippen LogP contribution in [0.25, 0.3) is 0 Å². The van der Waals surface area contributed by atoms with Crippen molar-refractivity contribution in [2.24, 2.45) is 0 Å². The molecule has 2 aliphatic rings. The molecule has 7 nitrogen and oxygen atoms in total. The molecular formula is C29H32N4O3. The molecule has 3 N–H and O–H groups in total. The van der Waals surface area contributed by atoms with E-state index in [-0.39, 0.29) is 11.6 Å². The molecule has 186 valence electrons.